The second kappa shape index (κ2) is 3.38. The minimum Gasteiger partial charge on any atom is -0.326 e. The highest BCUT2D eigenvalue weighted by Gasteiger charge is 2.63. The van der Waals surface area contributed by atoms with Crippen molar-refractivity contribution in [2.75, 3.05) is 6.61 Å². The number of allylic oxidation sites excluding steroid dienone is 2. The molecule has 3 saturated heterocycles. The highest BCUT2D eigenvalue weighted by atomic mass is 16.9. The molecule has 5 aliphatic rings. The van der Waals surface area contributed by atoms with Crippen molar-refractivity contribution in [3.05, 3.63) is 12.2 Å². The first-order valence-electron chi connectivity index (χ1n) is 7.21. The van der Waals surface area contributed by atoms with Crippen LogP contribution in [0.5, 0.6) is 0 Å². The third-order valence-corrected chi connectivity index (χ3v) is 5.86. The van der Waals surface area contributed by atoms with Crippen LogP contribution in [0.3, 0.4) is 0 Å². The van der Waals surface area contributed by atoms with E-state index in [9.17, 15) is 0 Å². The van der Waals surface area contributed by atoms with Gasteiger partial charge in [-0.05, 0) is 38.5 Å². The summed E-state index contributed by atoms with van der Waals surface area (Å²) in [5, 5.41) is 0. The summed E-state index contributed by atoms with van der Waals surface area (Å²) in [5.74, 6) is 0.908. The number of rotatable bonds is 1. The van der Waals surface area contributed by atoms with Gasteiger partial charge in [-0.1, -0.05) is 19.1 Å². The van der Waals surface area contributed by atoms with Crippen LogP contribution in [-0.4, -0.2) is 24.8 Å². The summed E-state index contributed by atoms with van der Waals surface area (Å²) in [6.45, 7) is 7.29. The molecule has 0 N–H and O–H groups in total. The number of hydrogen-bond donors (Lipinski definition) is 0. The standard InChI is InChI=1S/C15H22O3/c1-9-14(3)8-16-15(17-9,18-10(14)2)13-7-11-4-5-12(13)6-11/h4-5,9-13H,6-8H2,1-3H3. The summed E-state index contributed by atoms with van der Waals surface area (Å²) in [7, 11) is 0. The van der Waals surface area contributed by atoms with Gasteiger partial charge in [0.2, 0.25) is 0 Å². The molecule has 0 amide bonds. The Morgan fingerprint density at radius 2 is 1.78 bits per heavy atom. The average Bonchev–Trinajstić information content (AvgIpc) is 2.95. The lowest BCUT2D eigenvalue weighted by Crippen LogP contribution is -2.68. The Bertz CT molecular complexity index is 391. The molecule has 0 spiro atoms. The fourth-order valence-corrected chi connectivity index (χ4v) is 4.15. The van der Waals surface area contributed by atoms with E-state index < -0.39 is 5.97 Å². The Labute approximate surface area is 108 Å². The van der Waals surface area contributed by atoms with E-state index in [0.717, 1.165) is 13.0 Å². The Hall–Kier alpha value is -0.380. The fourth-order valence-electron chi connectivity index (χ4n) is 4.15. The van der Waals surface area contributed by atoms with Gasteiger partial charge >= 0.3 is 0 Å². The molecule has 5 atom stereocenters. The zero-order valence-electron chi connectivity index (χ0n) is 11.4. The summed E-state index contributed by atoms with van der Waals surface area (Å²) in [6.07, 6.45) is 7.50. The number of fused-ring (bicyclic) bond motifs is 5. The highest BCUT2D eigenvalue weighted by molar-refractivity contribution is 5.13. The first-order valence-corrected chi connectivity index (χ1v) is 7.21. The molecule has 18 heavy (non-hydrogen) atoms. The van der Waals surface area contributed by atoms with Gasteiger partial charge in [-0.3, -0.25) is 0 Å². The lowest BCUT2D eigenvalue weighted by molar-refractivity contribution is -0.519. The van der Waals surface area contributed by atoms with Crippen LogP contribution < -0.4 is 0 Å². The second-order valence-corrected chi connectivity index (χ2v) is 6.80. The lowest BCUT2D eigenvalue weighted by Gasteiger charge is -2.59. The fraction of sp³-hybridized carbons (Fsp3) is 0.867. The zero-order valence-corrected chi connectivity index (χ0v) is 11.4. The molecule has 4 bridgehead atoms. The van der Waals surface area contributed by atoms with Gasteiger partial charge in [0.15, 0.2) is 0 Å². The monoisotopic (exact) mass is 250 g/mol. The summed E-state index contributed by atoms with van der Waals surface area (Å²) >= 11 is 0. The van der Waals surface area contributed by atoms with Gasteiger partial charge in [-0.15, -0.1) is 0 Å². The van der Waals surface area contributed by atoms with Gasteiger partial charge in [-0.2, -0.15) is 0 Å². The van der Waals surface area contributed by atoms with Crippen LogP contribution in [0, 0.1) is 23.2 Å². The molecule has 0 aromatic heterocycles. The number of ether oxygens (including phenoxy) is 3. The molecule has 0 aromatic carbocycles. The normalized spacial score (nSPS) is 61.6. The largest absolute Gasteiger partial charge is 0.326 e. The van der Waals surface area contributed by atoms with Crippen LogP contribution >= 0.6 is 0 Å². The van der Waals surface area contributed by atoms with E-state index in [2.05, 4.69) is 32.9 Å². The first kappa shape index (κ1) is 11.4. The smallest absolute Gasteiger partial charge is 0.287 e. The maximum atomic E-state index is 6.20. The van der Waals surface area contributed by atoms with Crippen molar-refractivity contribution in [3.8, 4) is 0 Å². The van der Waals surface area contributed by atoms with Gasteiger partial charge in [0.25, 0.3) is 5.97 Å². The van der Waals surface area contributed by atoms with Crippen molar-refractivity contribution >= 4 is 0 Å². The molecule has 2 aliphatic carbocycles. The Balaban J connectivity index is 1.67. The molecule has 3 aliphatic heterocycles. The molecule has 3 heteroatoms. The molecule has 0 radical (unpaired) electrons. The van der Waals surface area contributed by atoms with Crippen LogP contribution in [0.25, 0.3) is 0 Å². The average molecular weight is 250 g/mol. The molecule has 1 saturated carbocycles. The van der Waals surface area contributed by atoms with Crippen LogP contribution in [0.1, 0.15) is 33.6 Å². The molecular weight excluding hydrogens is 228 g/mol. The molecule has 3 nitrogen and oxygen atoms in total. The van der Waals surface area contributed by atoms with Gasteiger partial charge < -0.3 is 14.2 Å². The van der Waals surface area contributed by atoms with Crippen LogP contribution in [0.4, 0.5) is 0 Å². The third kappa shape index (κ3) is 1.25. The molecule has 3 heterocycles. The van der Waals surface area contributed by atoms with Gasteiger partial charge in [0.1, 0.15) is 0 Å². The van der Waals surface area contributed by atoms with E-state index in [1.54, 1.807) is 0 Å². The van der Waals surface area contributed by atoms with E-state index in [0.29, 0.717) is 17.8 Å². The van der Waals surface area contributed by atoms with Crippen molar-refractivity contribution in [1.82, 2.24) is 0 Å². The maximum absolute atomic E-state index is 6.20. The number of hydrogen-bond acceptors (Lipinski definition) is 3. The molecular formula is C15H22O3. The Kier molecular flexibility index (Phi) is 2.15. The zero-order chi connectivity index (χ0) is 12.5. The van der Waals surface area contributed by atoms with Crippen molar-refractivity contribution in [1.29, 1.82) is 0 Å². The predicted molar refractivity (Wildman–Crippen MR) is 66.7 cm³/mol. The van der Waals surface area contributed by atoms with Crippen LogP contribution in [-0.2, 0) is 14.2 Å². The van der Waals surface area contributed by atoms with Crippen LogP contribution in [0.2, 0.25) is 0 Å². The van der Waals surface area contributed by atoms with Crippen molar-refractivity contribution in [3.63, 3.8) is 0 Å². The SMILES string of the molecule is CC1OC2(C3CC4C=CC3C4)OCC1(C)C(C)O2. The summed E-state index contributed by atoms with van der Waals surface area (Å²) in [4.78, 5) is 0. The van der Waals surface area contributed by atoms with Crippen molar-refractivity contribution in [2.45, 2.75) is 51.8 Å². The predicted octanol–water partition coefficient (Wildman–Crippen LogP) is 2.71. The van der Waals surface area contributed by atoms with E-state index >= 15 is 0 Å². The maximum Gasteiger partial charge on any atom is 0.287 e. The van der Waals surface area contributed by atoms with Crippen molar-refractivity contribution in [2.24, 2.45) is 23.2 Å². The van der Waals surface area contributed by atoms with Gasteiger partial charge in [0, 0.05) is 11.3 Å². The van der Waals surface area contributed by atoms with Gasteiger partial charge in [-0.25, -0.2) is 0 Å². The molecule has 100 valence electrons. The van der Waals surface area contributed by atoms with E-state index in [-0.39, 0.29) is 17.6 Å². The van der Waals surface area contributed by atoms with Gasteiger partial charge in [0.05, 0.1) is 18.8 Å². The topological polar surface area (TPSA) is 27.7 Å². The van der Waals surface area contributed by atoms with E-state index in [4.69, 9.17) is 14.2 Å². The summed E-state index contributed by atoms with van der Waals surface area (Å²) < 4.78 is 18.5. The Morgan fingerprint density at radius 1 is 1.06 bits per heavy atom. The summed E-state index contributed by atoms with van der Waals surface area (Å²) in [6, 6.07) is 0. The second-order valence-electron chi connectivity index (χ2n) is 6.80. The molecule has 5 rings (SSSR count). The lowest BCUT2D eigenvalue weighted by atomic mass is 9.76. The summed E-state index contributed by atoms with van der Waals surface area (Å²) in [5.41, 5.74) is -0.00475. The minimum atomic E-state index is -0.763. The molecule has 0 aromatic rings. The van der Waals surface area contributed by atoms with Crippen LogP contribution in [0.15, 0.2) is 12.2 Å². The molecule has 4 fully saturated rings. The minimum absolute atomic E-state index is 0.00475. The van der Waals surface area contributed by atoms with Crippen molar-refractivity contribution < 1.29 is 14.2 Å². The third-order valence-electron chi connectivity index (χ3n) is 5.86. The molecule has 5 unspecified atom stereocenters. The quantitative estimate of drug-likeness (QED) is 0.670. The van der Waals surface area contributed by atoms with E-state index in [1.165, 1.54) is 6.42 Å². The Morgan fingerprint density at radius 3 is 2.28 bits per heavy atom. The van der Waals surface area contributed by atoms with E-state index in [1.807, 2.05) is 0 Å². The first-order chi connectivity index (χ1) is 8.53. The highest BCUT2D eigenvalue weighted by Crippen LogP contribution is 2.56.